The van der Waals surface area contributed by atoms with E-state index in [1.54, 1.807) is 36.4 Å². The summed E-state index contributed by atoms with van der Waals surface area (Å²) in [6.07, 6.45) is 1.39. The number of amides is 1. The summed E-state index contributed by atoms with van der Waals surface area (Å²) in [5.74, 6) is -0.0216. The predicted octanol–water partition coefficient (Wildman–Crippen LogP) is 4.50. The van der Waals surface area contributed by atoms with Crippen LogP contribution in [-0.4, -0.2) is 40.1 Å². The van der Waals surface area contributed by atoms with Gasteiger partial charge in [-0.2, -0.15) is 0 Å². The van der Waals surface area contributed by atoms with E-state index in [4.69, 9.17) is 4.74 Å². The summed E-state index contributed by atoms with van der Waals surface area (Å²) in [4.78, 5) is 15.7. The predicted molar refractivity (Wildman–Crippen MR) is 138 cm³/mol. The zero-order valence-corrected chi connectivity index (χ0v) is 20.7. The van der Waals surface area contributed by atoms with Gasteiger partial charge in [0.1, 0.15) is 5.75 Å². The van der Waals surface area contributed by atoms with Crippen LogP contribution < -0.4 is 19.3 Å². The van der Waals surface area contributed by atoms with Crippen LogP contribution in [0.2, 0.25) is 0 Å². The highest BCUT2D eigenvalue weighted by Crippen LogP contribution is 2.38. The fourth-order valence-corrected chi connectivity index (χ4v) is 5.99. The average molecular weight is 492 g/mol. The molecule has 182 valence electrons. The summed E-state index contributed by atoms with van der Waals surface area (Å²) in [5.41, 5.74) is 4.08. The maximum atomic E-state index is 13.6. The first-order valence-corrected chi connectivity index (χ1v) is 13.3. The van der Waals surface area contributed by atoms with Crippen LogP contribution in [0.5, 0.6) is 5.75 Å². The Morgan fingerprint density at radius 1 is 0.914 bits per heavy atom. The minimum atomic E-state index is -3.89. The fraction of sp³-hybridized carbons (Fsp3) is 0.296. The van der Waals surface area contributed by atoms with Gasteiger partial charge in [0.25, 0.3) is 15.9 Å². The number of hydrogen-bond acceptors (Lipinski definition) is 5. The second-order valence-corrected chi connectivity index (χ2v) is 11.0. The Hall–Kier alpha value is -3.52. The van der Waals surface area contributed by atoms with Crippen molar-refractivity contribution in [2.45, 2.75) is 37.7 Å². The number of benzene rings is 3. The highest BCUT2D eigenvalue weighted by atomic mass is 32.2. The summed E-state index contributed by atoms with van der Waals surface area (Å²) >= 11 is 0. The minimum Gasteiger partial charge on any atom is -0.476 e. The van der Waals surface area contributed by atoms with E-state index in [0.29, 0.717) is 17.1 Å². The molecule has 1 saturated heterocycles. The molecule has 0 radical (unpaired) electrons. The highest BCUT2D eigenvalue weighted by Gasteiger charge is 2.37. The maximum absolute atomic E-state index is 13.6. The molecule has 35 heavy (non-hydrogen) atoms. The summed E-state index contributed by atoms with van der Waals surface area (Å²) in [6.45, 7) is 5.77. The first-order chi connectivity index (χ1) is 16.8. The van der Waals surface area contributed by atoms with Gasteiger partial charge in [-0.25, -0.2) is 8.42 Å². The Kier molecular flexibility index (Phi) is 6.15. The third-order valence-electron chi connectivity index (χ3n) is 6.49. The van der Waals surface area contributed by atoms with Crippen LogP contribution in [0, 0.1) is 13.8 Å². The number of nitrogens with one attached hydrogen (secondary N) is 1. The van der Waals surface area contributed by atoms with Crippen molar-refractivity contribution >= 4 is 33.0 Å². The van der Waals surface area contributed by atoms with E-state index in [1.807, 2.05) is 44.2 Å². The molecule has 3 aromatic rings. The van der Waals surface area contributed by atoms with Gasteiger partial charge in [-0.15, -0.1) is 0 Å². The lowest BCUT2D eigenvalue weighted by Gasteiger charge is -2.35. The molecular weight excluding hydrogens is 462 g/mol. The number of carbonyl (C=O) groups is 1. The number of fused-ring (bicyclic) bond motifs is 1. The molecule has 1 N–H and O–H groups in total. The normalized spacial score (nSPS) is 17.6. The van der Waals surface area contributed by atoms with Gasteiger partial charge in [0.15, 0.2) is 6.10 Å². The average Bonchev–Trinajstić information content (AvgIpc) is 3.39. The molecule has 0 unspecified atom stereocenters. The van der Waals surface area contributed by atoms with Gasteiger partial charge < -0.3 is 15.0 Å². The molecule has 2 aliphatic rings. The van der Waals surface area contributed by atoms with Crippen molar-refractivity contribution in [1.29, 1.82) is 0 Å². The first kappa shape index (κ1) is 23.2. The molecule has 2 aliphatic heterocycles. The SMILES string of the molecule is Cc1ccc(S(=O)(=O)N2C[C@@H](C(=O)Nc3ccc(N4CCCC4)cc3)Oc3cc(C)ccc32)cc1. The van der Waals surface area contributed by atoms with Crippen molar-refractivity contribution in [2.75, 3.05) is 34.2 Å². The van der Waals surface area contributed by atoms with Crippen molar-refractivity contribution in [2.24, 2.45) is 0 Å². The first-order valence-electron chi connectivity index (χ1n) is 11.8. The molecule has 8 heteroatoms. The summed E-state index contributed by atoms with van der Waals surface area (Å²) in [7, 11) is -3.89. The fourth-order valence-electron chi connectivity index (χ4n) is 4.52. The Morgan fingerprint density at radius 3 is 2.26 bits per heavy atom. The number of anilines is 3. The molecule has 0 aromatic heterocycles. The quantitative estimate of drug-likeness (QED) is 0.569. The molecule has 0 spiro atoms. The summed E-state index contributed by atoms with van der Waals surface area (Å²) in [5, 5.41) is 2.89. The molecule has 0 aliphatic carbocycles. The molecule has 1 atom stereocenters. The number of ether oxygens (including phenoxy) is 1. The molecule has 0 saturated carbocycles. The van der Waals surface area contributed by atoms with Crippen molar-refractivity contribution in [1.82, 2.24) is 0 Å². The third-order valence-corrected chi connectivity index (χ3v) is 8.29. The zero-order chi connectivity index (χ0) is 24.6. The Morgan fingerprint density at radius 2 is 1.57 bits per heavy atom. The number of sulfonamides is 1. The molecule has 1 fully saturated rings. The van der Waals surface area contributed by atoms with E-state index >= 15 is 0 Å². The monoisotopic (exact) mass is 491 g/mol. The van der Waals surface area contributed by atoms with Gasteiger partial charge in [0, 0.05) is 24.5 Å². The maximum Gasteiger partial charge on any atom is 0.267 e. The van der Waals surface area contributed by atoms with Crippen LogP contribution in [0.15, 0.2) is 71.6 Å². The van der Waals surface area contributed by atoms with Gasteiger partial charge in [-0.05, 0) is 80.8 Å². The smallest absolute Gasteiger partial charge is 0.267 e. The van der Waals surface area contributed by atoms with Gasteiger partial charge >= 0.3 is 0 Å². The lowest BCUT2D eigenvalue weighted by atomic mass is 10.1. The molecule has 5 rings (SSSR count). The van der Waals surface area contributed by atoms with E-state index in [2.05, 4.69) is 10.2 Å². The van der Waals surface area contributed by atoms with E-state index in [9.17, 15) is 13.2 Å². The lowest BCUT2D eigenvalue weighted by Crippen LogP contribution is -2.48. The minimum absolute atomic E-state index is 0.121. The summed E-state index contributed by atoms with van der Waals surface area (Å²) < 4.78 is 34.4. The van der Waals surface area contributed by atoms with Crippen molar-refractivity contribution in [3.63, 3.8) is 0 Å². The van der Waals surface area contributed by atoms with Gasteiger partial charge in [-0.3, -0.25) is 9.10 Å². The second-order valence-electron chi connectivity index (χ2n) is 9.16. The Labute approximate surface area is 206 Å². The molecule has 2 heterocycles. The summed E-state index contributed by atoms with van der Waals surface area (Å²) in [6, 6.07) is 19.8. The number of nitrogens with zero attached hydrogens (tertiary/aromatic N) is 2. The standard InChI is InChI=1S/C27H29N3O4S/c1-19-5-12-23(13-6-19)35(32,33)30-18-26(34-25-17-20(2)7-14-24(25)30)27(31)28-21-8-10-22(11-9-21)29-15-3-4-16-29/h5-14,17,26H,3-4,15-16,18H2,1-2H3,(H,28,31)/t26-/m0/s1. The van der Waals surface area contributed by atoms with Crippen molar-refractivity contribution < 1.29 is 17.9 Å². The Balaban J connectivity index is 1.40. The van der Waals surface area contributed by atoms with E-state index in [0.717, 1.165) is 29.9 Å². The Bertz CT molecular complexity index is 1330. The largest absolute Gasteiger partial charge is 0.476 e. The van der Waals surface area contributed by atoms with E-state index < -0.39 is 22.0 Å². The van der Waals surface area contributed by atoms with Crippen LogP contribution >= 0.6 is 0 Å². The number of hydrogen-bond donors (Lipinski definition) is 1. The molecule has 1 amide bonds. The van der Waals surface area contributed by atoms with Crippen LogP contribution in [0.4, 0.5) is 17.1 Å². The molecule has 7 nitrogen and oxygen atoms in total. The topological polar surface area (TPSA) is 79.0 Å². The van der Waals surface area contributed by atoms with Crippen molar-refractivity contribution in [3.05, 3.63) is 77.9 Å². The van der Waals surface area contributed by atoms with Crippen LogP contribution in [0.25, 0.3) is 0 Å². The van der Waals surface area contributed by atoms with E-state index in [-0.39, 0.29) is 11.4 Å². The number of aryl methyl sites for hydroxylation is 2. The van der Waals surface area contributed by atoms with Crippen LogP contribution in [0.1, 0.15) is 24.0 Å². The van der Waals surface area contributed by atoms with Crippen molar-refractivity contribution in [3.8, 4) is 5.75 Å². The number of carbonyl (C=O) groups excluding carboxylic acids is 1. The van der Waals surface area contributed by atoms with Gasteiger partial charge in [0.2, 0.25) is 0 Å². The van der Waals surface area contributed by atoms with Crippen LogP contribution in [-0.2, 0) is 14.8 Å². The molecular formula is C27H29N3O4S. The lowest BCUT2D eigenvalue weighted by molar-refractivity contribution is -0.122. The van der Waals surface area contributed by atoms with E-state index in [1.165, 1.54) is 17.1 Å². The molecule has 3 aromatic carbocycles. The third kappa shape index (κ3) is 4.71. The van der Waals surface area contributed by atoms with Gasteiger partial charge in [-0.1, -0.05) is 23.8 Å². The van der Waals surface area contributed by atoms with Gasteiger partial charge in [0.05, 0.1) is 17.1 Å². The molecule has 0 bridgehead atoms. The highest BCUT2D eigenvalue weighted by molar-refractivity contribution is 7.92. The number of rotatable bonds is 5. The second kappa shape index (κ2) is 9.26. The zero-order valence-electron chi connectivity index (χ0n) is 19.9. The van der Waals surface area contributed by atoms with Crippen LogP contribution in [0.3, 0.4) is 0 Å².